The molecule has 2 unspecified atom stereocenters. The lowest BCUT2D eigenvalue weighted by molar-refractivity contribution is -0.123. The predicted molar refractivity (Wildman–Crippen MR) is 79.4 cm³/mol. The Bertz CT molecular complexity index is 656. The lowest BCUT2D eigenvalue weighted by Crippen LogP contribution is -2.51. The second kappa shape index (κ2) is 4.87. The van der Waals surface area contributed by atoms with Gasteiger partial charge in [0.2, 0.25) is 0 Å². The van der Waals surface area contributed by atoms with Gasteiger partial charge >= 0.3 is 0 Å². The highest BCUT2D eigenvalue weighted by Crippen LogP contribution is 2.61. The van der Waals surface area contributed by atoms with Crippen molar-refractivity contribution in [3.05, 3.63) is 23.3 Å². The van der Waals surface area contributed by atoms with Gasteiger partial charge in [0, 0.05) is 23.2 Å². The molecule has 0 radical (unpaired) electrons. The smallest absolute Gasteiger partial charge is 0.176 e. The predicted octanol–water partition coefficient (Wildman–Crippen LogP) is 3.32. The third-order valence-corrected chi connectivity index (χ3v) is 6.11. The third kappa shape index (κ3) is 1.84. The molecule has 0 N–H and O–H groups in total. The van der Waals surface area contributed by atoms with Gasteiger partial charge in [-0.25, -0.2) is 0 Å². The second-order valence-electron chi connectivity index (χ2n) is 7.19. The fourth-order valence-electron chi connectivity index (χ4n) is 4.85. The molecule has 116 valence electrons. The number of ketones is 2. The summed E-state index contributed by atoms with van der Waals surface area (Å²) in [6.45, 7) is 3.33. The van der Waals surface area contributed by atoms with Crippen LogP contribution >= 0.6 is 0 Å². The first kappa shape index (κ1) is 15.1. The van der Waals surface area contributed by atoms with Crippen LogP contribution in [-0.2, 0) is 9.59 Å². The van der Waals surface area contributed by atoms with Crippen LogP contribution in [0.2, 0.25) is 0 Å². The topological polar surface area (TPSA) is 57.9 Å². The normalized spacial score (nSPS) is 41.0. The van der Waals surface area contributed by atoms with E-state index in [1.54, 1.807) is 12.2 Å². The van der Waals surface area contributed by atoms with Gasteiger partial charge in [0.05, 0.1) is 12.2 Å². The Kier molecular flexibility index (Phi) is 3.36. The van der Waals surface area contributed by atoms with Crippen molar-refractivity contribution in [2.75, 3.05) is 6.67 Å². The van der Waals surface area contributed by atoms with Crippen molar-refractivity contribution < 1.29 is 14.0 Å². The van der Waals surface area contributed by atoms with E-state index in [0.29, 0.717) is 19.3 Å². The minimum Gasteiger partial charge on any atom is -0.295 e. The monoisotopic (exact) mass is 301 g/mol. The highest BCUT2D eigenvalue weighted by atomic mass is 19.1. The van der Waals surface area contributed by atoms with Crippen molar-refractivity contribution in [2.24, 2.45) is 22.7 Å². The molecule has 0 aromatic heterocycles. The Morgan fingerprint density at radius 1 is 1.41 bits per heavy atom. The van der Waals surface area contributed by atoms with Crippen LogP contribution in [0.25, 0.3) is 0 Å². The minimum absolute atomic E-state index is 0.0254. The van der Waals surface area contributed by atoms with Crippen molar-refractivity contribution in [3.8, 4) is 6.07 Å². The first-order valence-electron chi connectivity index (χ1n) is 7.86. The molecule has 0 aliphatic heterocycles. The van der Waals surface area contributed by atoms with Crippen LogP contribution in [0.4, 0.5) is 4.39 Å². The zero-order valence-corrected chi connectivity index (χ0v) is 13.0. The van der Waals surface area contributed by atoms with E-state index in [2.05, 4.69) is 0 Å². The second-order valence-corrected chi connectivity index (χ2v) is 7.19. The maximum Gasteiger partial charge on any atom is 0.176 e. The molecular formula is C18H20FNO2. The molecule has 0 amide bonds. The number of carbonyl (C=O) groups excluding carboxylic acids is 2. The molecule has 1 saturated carbocycles. The van der Waals surface area contributed by atoms with Gasteiger partial charge in [-0.2, -0.15) is 5.26 Å². The number of nitriles is 1. The highest BCUT2D eigenvalue weighted by molar-refractivity contribution is 6.02. The molecule has 22 heavy (non-hydrogen) atoms. The first-order valence-corrected chi connectivity index (χ1v) is 7.86. The summed E-state index contributed by atoms with van der Waals surface area (Å²) in [5.74, 6) is -0.327. The molecule has 0 bridgehead atoms. The van der Waals surface area contributed by atoms with E-state index in [9.17, 15) is 19.2 Å². The number of allylic oxidation sites excluding steroid dienone is 4. The van der Waals surface area contributed by atoms with Crippen LogP contribution in [0.1, 0.15) is 39.5 Å². The Labute approximate surface area is 129 Å². The van der Waals surface area contributed by atoms with Crippen LogP contribution in [0.3, 0.4) is 0 Å². The van der Waals surface area contributed by atoms with Gasteiger partial charge in [0.25, 0.3) is 0 Å². The summed E-state index contributed by atoms with van der Waals surface area (Å²) < 4.78 is 13.9. The fraction of sp³-hybridized carbons (Fsp3) is 0.611. The maximum absolute atomic E-state index is 13.9. The van der Waals surface area contributed by atoms with Gasteiger partial charge in [-0.05, 0) is 36.8 Å². The van der Waals surface area contributed by atoms with Gasteiger partial charge in [-0.3, -0.25) is 14.0 Å². The lowest BCUT2D eigenvalue weighted by Gasteiger charge is -2.55. The Morgan fingerprint density at radius 2 is 2.14 bits per heavy atom. The summed E-state index contributed by atoms with van der Waals surface area (Å²) >= 11 is 0. The first-order chi connectivity index (χ1) is 10.4. The van der Waals surface area contributed by atoms with E-state index >= 15 is 0 Å². The Hall–Kier alpha value is -1.76. The number of Topliss-reactive ketones (excluding diaryl/α,β-unsaturated/α-hetero) is 1. The number of hydrogen-bond acceptors (Lipinski definition) is 3. The summed E-state index contributed by atoms with van der Waals surface area (Å²) in [6.07, 6.45) is 5.66. The average Bonchev–Trinajstić information content (AvgIpc) is 2.52. The van der Waals surface area contributed by atoms with Crippen LogP contribution < -0.4 is 0 Å². The number of fused-ring (bicyclic) bond motifs is 3. The SMILES string of the molecule is C[C@H]1C(=O)C(C#N)=CC2(C)C3=CC(=O)CC[C@]3(CF)CCC12. The summed E-state index contributed by atoms with van der Waals surface area (Å²) in [4.78, 5) is 24.2. The molecule has 3 aliphatic rings. The molecule has 3 aliphatic carbocycles. The molecule has 1 fully saturated rings. The molecule has 4 atom stereocenters. The molecule has 0 saturated heterocycles. The number of hydrogen-bond donors (Lipinski definition) is 0. The van der Waals surface area contributed by atoms with Crippen molar-refractivity contribution in [3.63, 3.8) is 0 Å². The highest BCUT2D eigenvalue weighted by Gasteiger charge is 2.56. The molecule has 0 aromatic carbocycles. The Balaban J connectivity index is 2.21. The molecule has 3 rings (SSSR count). The van der Waals surface area contributed by atoms with E-state index in [-0.39, 0.29) is 29.0 Å². The molecular weight excluding hydrogens is 281 g/mol. The molecule has 0 heterocycles. The van der Waals surface area contributed by atoms with Crippen molar-refractivity contribution in [1.29, 1.82) is 5.26 Å². The van der Waals surface area contributed by atoms with Gasteiger partial charge in [0.15, 0.2) is 11.6 Å². The maximum atomic E-state index is 13.9. The largest absolute Gasteiger partial charge is 0.295 e. The fourth-order valence-corrected chi connectivity index (χ4v) is 4.85. The van der Waals surface area contributed by atoms with E-state index in [4.69, 9.17) is 0 Å². The number of carbonyl (C=O) groups is 2. The lowest BCUT2D eigenvalue weighted by atomic mass is 9.48. The number of rotatable bonds is 1. The number of nitrogens with zero attached hydrogens (tertiary/aromatic N) is 1. The minimum atomic E-state index is -0.587. The zero-order chi connectivity index (χ0) is 16.1. The summed E-state index contributed by atoms with van der Waals surface area (Å²) in [6, 6.07) is 1.99. The zero-order valence-electron chi connectivity index (χ0n) is 13.0. The van der Waals surface area contributed by atoms with E-state index in [1.165, 1.54) is 0 Å². The standard InChI is InChI=1S/C18H20FNO2/c1-11-14-4-6-18(10-19)5-3-13(21)7-15(18)17(14,2)8-12(9-20)16(11)22/h7-8,11,14H,3-6,10H2,1-2H3/t11-,14?,17?,18-/m1/s1. The summed E-state index contributed by atoms with van der Waals surface area (Å²) in [5, 5.41) is 9.25. The third-order valence-electron chi connectivity index (χ3n) is 6.11. The van der Waals surface area contributed by atoms with Crippen molar-refractivity contribution >= 4 is 11.6 Å². The average molecular weight is 301 g/mol. The van der Waals surface area contributed by atoms with Gasteiger partial charge in [0.1, 0.15) is 6.07 Å². The van der Waals surface area contributed by atoms with Crippen LogP contribution in [0, 0.1) is 34.0 Å². The summed E-state index contributed by atoms with van der Waals surface area (Å²) in [7, 11) is 0. The van der Waals surface area contributed by atoms with Crippen LogP contribution in [0.5, 0.6) is 0 Å². The number of halogens is 1. The van der Waals surface area contributed by atoms with Gasteiger partial charge in [-0.1, -0.05) is 19.9 Å². The molecule has 0 aromatic rings. The van der Waals surface area contributed by atoms with E-state index < -0.39 is 17.5 Å². The van der Waals surface area contributed by atoms with Crippen molar-refractivity contribution in [1.82, 2.24) is 0 Å². The van der Waals surface area contributed by atoms with Crippen LogP contribution in [0.15, 0.2) is 23.3 Å². The Morgan fingerprint density at radius 3 is 2.77 bits per heavy atom. The molecule has 4 heteroatoms. The van der Waals surface area contributed by atoms with Crippen molar-refractivity contribution in [2.45, 2.75) is 39.5 Å². The van der Waals surface area contributed by atoms with Crippen LogP contribution in [-0.4, -0.2) is 18.2 Å². The quantitative estimate of drug-likeness (QED) is 0.746. The van der Waals surface area contributed by atoms with Gasteiger partial charge < -0.3 is 0 Å². The molecule has 0 spiro atoms. The van der Waals surface area contributed by atoms with Gasteiger partial charge in [-0.15, -0.1) is 0 Å². The van der Waals surface area contributed by atoms with E-state index in [0.717, 1.165) is 12.0 Å². The summed E-state index contributed by atoms with van der Waals surface area (Å²) in [5.41, 5.74) is -0.197. The van der Waals surface area contributed by atoms with E-state index in [1.807, 2.05) is 19.9 Å². The molecule has 3 nitrogen and oxygen atoms in total. The number of alkyl halides is 1.